The van der Waals surface area contributed by atoms with Gasteiger partial charge in [-0.05, 0) is 30.2 Å². The Morgan fingerprint density at radius 2 is 1.90 bits per heavy atom. The Morgan fingerprint density at radius 1 is 1.19 bits per heavy atom. The van der Waals surface area contributed by atoms with Gasteiger partial charge >= 0.3 is 5.97 Å². The maximum Gasteiger partial charge on any atom is 0.354 e. The quantitative estimate of drug-likeness (QED) is 0.896. The molecule has 0 saturated heterocycles. The first-order valence-corrected chi connectivity index (χ1v) is 6.35. The number of anilines is 2. The van der Waals surface area contributed by atoms with Crippen LogP contribution in [0.1, 0.15) is 35.9 Å². The molecule has 6 heteroatoms. The van der Waals surface area contributed by atoms with E-state index in [9.17, 15) is 13.6 Å². The molecule has 2 rings (SSSR count). The second-order valence-corrected chi connectivity index (χ2v) is 4.84. The van der Waals surface area contributed by atoms with Gasteiger partial charge in [0.15, 0.2) is 11.6 Å². The van der Waals surface area contributed by atoms with Gasteiger partial charge in [0.05, 0.1) is 11.4 Å². The molecule has 110 valence electrons. The van der Waals surface area contributed by atoms with Gasteiger partial charge in [0, 0.05) is 11.8 Å². The summed E-state index contributed by atoms with van der Waals surface area (Å²) in [5.41, 5.74) is 1.40. The molecule has 4 nitrogen and oxygen atoms in total. The number of halogens is 2. The van der Waals surface area contributed by atoms with E-state index in [1.54, 1.807) is 6.07 Å². The van der Waals surface area contributed by atoms with E-state index in [0.717, 1.165) is 12.1 Å². The highest BCUT2D eigenvalue weighted by molar-refractivity contribution is 5.86. The van der Waals surface area contributed by atoms with E-state index < -0.39 is 17.6 Å². The SMILES string of the molecule is CC(C)c1nc(C(=O)O)ccc1Nc1ccc(F)c(F)c1. The zero-order valence-corrected chi connectivity index (χ0v) is 11.5. The van der Waals surface area contributed by atoms with Crippen molar-refractivity contribution in [2.45, 2.75) is 19.8 Å². The molecule has 0 saturated carbocycles. The second kappa shape index (κ2) is 5.87. The Morgan fingerprint density at radius 3 is 2.48 bits per heavy atom. The number of nitrogens with zero attached hydrogens (tertiary/aromatic N) is 1. The van der Waals surface area contributed by atoms with Crippen LogP contribution in [0.5, 0.6) is 0 Å². The van der Waals surface area contributed by atoms with Crippen LogP contribution >= 0.6 is 0 Å². The van der Waals surface area contributed by atoms with Gasteiger partial charge in [-0.25, -0.2) is 18.6 Å². The molecule has 0 atom stereocenters. The Bertz CT molecular complexity index is 687. The van der Waals surface area contributed by atoms with Crippen LogP contribution in [0.15, 0.2) is 30.3 Å². The third-order valence-electron chi connectivity index (χ3n) is 2.89. The maximum atomic E-state index is 13.2. The largest absolute Gasteiger partial charge is 0.477 e. The van der Waals surface area contributed by atoms with Gasteiger partial charge in [0.1, 0.15) is 5.69 Å². The predicted molar refractivity (Wildman–Crippen MR) is 74.9 cm³/mol. The van der Waals surface area contributed by atoms with Crippen LogP contribution in [0.3, 0.4) is 0 Å². The smallest absolute Gasteiger partial charge is 0.354 e. The van der Waals surface area contributed by atoms with Crippen molar-refractivity contribution in [3.05, 3.63) is 53.4 Å². The van der Waals surface area contributed by atoms with Gasteiger partial charge < -0.3 is 10.4 Å². The number of pyridine rings is 1. The molecular weight excluding hydrogens is 278 g/mol. The lowest BCUT2D eigenvalue weighted by atomic mass is 10.1. The molecule has 0 fully saturated rings. The summed E-state index contributed by atoms with van der Waals surface area (Å²) in [4.78, 5) is 15.0. The van der Waals surface area contributed by atoms with E-state index >= 15 is 0 Å². The number of hydrogen-bond donors (Lipinski definition) is 2. The summed E-state index contributed by atoms with van der Waals surface area (Å²) in [6.07, 6.45) is 0. The van der Waals surface area contributed by atoms with Crippen molar-refractivity contribution in [2.75, 3.05) is 5.32 Å². The Kier molecular flexibility index (Phi) is 4.16. The predicted octanol–water partition coefficient (Wildman–Crippen LogP) is 3.93. The van der Waals surface area contributed by atoms with Crippen LogP contribution in [-0.4, -0.2) is 16.1 Å². The van der Waals surface area contributed by atoms with Crippen molar-refractivity contribution in [3.8, 4) is 0 Å². The number of carboxylic acids is 1. The molecule has 2 aromatic rings. The standard InChI is InChI=1S/C15H14F2N2O2/c1-8(2)14-12(5-6-13(19-14)15(20)21)18-9-3-4-10(16)11(17)7-9/h3-8,18H,1-2H3,(H,20,21). The number of rotatable bonds is 4. The number of hydrogen-bond acceptors (Lipinski definition) is 3. The lowest BCUT2D eigenvalue weighted by Gasteiger charge is -2.14. The summed E-state index contributed by atoms with van der Waals surface area (Å²) >= 11 is 0. The number of carboxylic acid groups (broad SMARTS) is 1. The first kappa shape index (κ1) is 14.9. The van der Waals surface area contributed by atoms with Crippen molar-refractivity contribution in [2.24, 2.45) is 0 Å². The number of aromatic nitrogens is 1. The van der Waals surface area contributed by atoms with Crippen molar-refractivity contribution in [1.29, 1.82) is 0 Å². The van der Waals surface area contributed by atoms with Gasteiger partial charge in [0.2, 0.25) is 0 Å². The van der Waals surface area contributed by atoms with Crippen LogP contribution < -0.4 is 5.32 Å². The van der Waals surface area contributed by atoms with E-state index in [2.05, 4.69) is 10.3 Å². The lowest BCUT2D eigenvalue weighted by Crippen LogP contribution is -2.07. The number of nitrogens with one attached hydrogen (secondary N) is 1. The van der Waals surface area contributed by atoms with E-state index in [0.29, 0.717) is 17.1 Å². The number of carbonyl (C=O) groups is 1. The minimum Gasteiger partial charge on any atom is -0.477 e. The molecule has 0 aliphatic rings. The fourth-order valence-corrected chi connectivity index (χ4v) is 1.87. The molecule has 0 aliphatic carbocycles. The van der Waals surface area contributed by atoms with E-state index in [1.807, 2.05) is 13.8 Å². The molecule has 1 aromatic carbocycles. The molecule has 1 aromatic heterocycles. The normalized spacial score (nSPS) is 10.7. The molecule has 0 aliphatic heterocycles. The average molecular weight is 292 g/mol. The highest BCUT2D eigenvalue weighted by Crippen LogP contribution is 2.26. The maximum absolute atomic E-state index is 13.2. The molecule has 1 heterocycles. The van der Waals surface area contributed by atoms with Gasteiger partial charge in [0.25, 0.3) is 0 Å². The Labute approximate surface area is 120 Å². The van der Waals surface area contributed by atoms with Crippen LogP contribution in [-0.2, 0) is 0 Å². The number of benzene rings is 1. The molecule has 0 unspecified atom stereocenters. The molecule has 0 amide bonds. The molecule has 2 N–H and O–H groups in total. The molecule has 0 bridgehead atoms. The van der Waals surface area contributed by atoms with Crippen LogP contribution in [0.4, 0.5) is 20.2 Å². The van der Waals surface area contributed by atoms with Gasteiger partial charge in [-0.1, -0.05) is 13.8 Å². The summed E-state index contributed by atoms with van der Waals surface area (Å²) in [5.74, 6) is -3.03. The third-order valence-corrected chi connectivity index (χ3v) is 2.89. The van der Waals surface area contributed by atoms with Crippen LogP contribution in [0, 0.1) is 11.6 Å². The monoisotopic (exact) mass is 292 g/mol. The molecular formula is C15H14F2N2O2. The highest BCUT2D eigenvalue weighted by atomic mass is 19.2. The van der Waals surface area contributed by atoms with Crippen molar-refractivity contribution in [1.82, 2.24) is 4.98 Å². The molecule has 0 radical (unpaired) electrons. The first-order chi connectivity index (χ1) is 9.88. The van der Waals surface area contributed by atoms with Crippen LogP contribution in [0.2, 0.25) is 0 Å². The van der Waals surface area contributed by atoms with Gasteiger partial charge in [-0.15, -0.1) is 0 Å². The third kappa shape index (κ3) is 3.34. The molecule has 21 heavy (non-hydrogen) atoms. The zero-order chi connectivity index (χ0) is 15.6. The van der Waals surface area contributed by atoms with Crippen molar-refractivity contribution in [3.63, 3.8) is 0 Å². The zero-order valence-electron chi connectivity index (χ0n) is 11.5. The average Bonchev–Trinajstić information content (AvgIpc) is 2.43. The van der Waals surface area contributed by atoms with Gasteiger partial charge in [-0.2, -0.15) is 0 Å². The van der Waals surface area contributed by atoms with Crippen molar-refractivity contribution < 1.29 is 18.7 Å². The fraction of sp³-hybridized carbons (Fsp3) is 0.200. The second-order valence-electron chi connectivity index (χ2n) is 4.84. The van der Waals surface area contributed by atoms with Gasteiger partial charge in [-0.3, -0.25) is 0 Å². The Balaban J connectivity index is 2.38. The summed E-state index contributed by atoms with van der Waals surface area (Å²) in [7, 11) is 0. The lowest BCUT2D eigenvalue weighted by molar-refractivity contribution is 0.0690. The minimum absolute atomic E-state index is 0.0305. The fourth-order valence-electron chi connectivity index (χ4n) is 1.87. The first-order valence-electron chi connectivity index (χ1n) is 6.35. The number of aromatic carboxylic acids is 1. The minimum atomic E-state index is -1.11. The van der Waals surface area contributed by atoms with Crippen LogP contribution in [0.25, 0.3) is 0 Å². The highest BCUT2D eigenvalue weighted by Gasteiger charge is 2.14. The Hall–Kier alpha value is -2.50. The topological polar surface area (TPSA) is 62.2 Å². The molecule has 0 spiro atoms. The summed E-state index contributed by atoms with van der Waals surface area (Å²) in [5, 5.41) is 11.9. The summed E-state index contributed by atoms with van der Waals surface area (Å²) < 4.78 is 26.1. The van der Waals surface area contributed by atoms with E-state index in [-0.39, 0.29) is 11.6 Å². The van der Waals surface area contributed by atoms with Crippen molar-refractivity contribution >= 4 is 17.3 Å². The summed E-state index contributed by atoms with van der Waals surface area (Å²) in [6, 6.07) is 6.37. The van der Waals surface area contributed by atoms with E-state index in [4.69, 9.17) is 5.11 Å². The van der Waals surface area contributed by atoms with E-state index in [1.165, 1.54) is 12.1 Å². The summed E-state index contributed by atoms with van der Waals surface area (Å²) in [6.45, 7) is 3.73.